The number of aromatic amines is 1. The summed E-state index contributed by atoms with van der Waals surface area (Å²) < 4.78 is 0.835. The molecule has 0 unspecified atom stereocenters. The third kappa shape index (κ3) is 3.21. The number of H-pyrrole nitrogens is 1. The molecule has 1 saturated heterocycles. The predicted octanol–water partition coefficient (Wildman–Crippen LogP) is 2.01. The minimum Gasteiger partial charge on any atom is -0.335 e. The van der Waals surface area contributed by atoms with Crippen molar-refractivity contribution in [2.75, 3.05) is 13.7 Å². The molecule has 0 radical (unpaired) electrons. The number of aromatic nitrogens is 2. The van der Waals surface area contributed by atoms with Crippen molar-refractivity contribution in [3.05, 3.63) is 16.6 Å². The highest BCUT2D eigenvalue weighted by Crippen LogP contribution is 2.31. The number of carbonyl (C=O) groups excluding carboxylic acids is 1. The molecule has 1 amide bonds. The maximum atomic E-state index is 12.7. The van der Waals surface area contributed by atoms with Gasteiger partial charge in [0.2, 0.25) is 5.91 Å². The van der Waals surface area contributed by atoms with Gasteiger partial charge in [0.25, 0.3) is 0 Å². The van der Waals surface area contributed by atoms with Crippen LogP contribution in [-0.4, -0.2) is 40.5 Å². The minimum atomic E-state index is -0.334. The molecule has 112 valence electrons. The lowest BCUT2D eigenvalue weighted by molar-refractivity contribution is -0.139. The van der Waals surface area contributed by atoms with Gasteiger partial charge in [-0.2, -0.15) is 5.48 Å². The van der Waals surface area contributed by atoms with E-state index in [9.17, 15) is 4.79 Å². The summed E-state index contributed by atoms with van der Waals surface area (Å²) in [6, 6.07) is -0.312. The second kappa shape index (κ2) is 6.69. The van der Waals surface area contributed by atoms with Crippen molar-refractivity contribution in [1.29, 1.82) is 0 Å². The first-order valence-electron chi connectivity index (χ1n) is 6.84. The molecule has 0 bridgehead atoms. The number of hydrogen-bond donors (Lipinski definition) is 2. The van der Waals surface area contributed by atoms with Crippen LogP contribution >= 0.6 is 15.9 Å². The molecule has 6 nitrogen and oxygen atoms in total. The van der Waals surface area contributed by atoms with E-state index in [1.54, 1.807) is 6.20 Å². The van der Waals surface area contributed by atoms with E-state index in [0.717, 1.165) is 29.8 Å². The van der Waals surface area contributed by atoms with E-state index in [1.165, 1.54) is 7.11 Å². The Kier molecular flexibility index (Phi) is 5.17. The first kappa shape index (κ1) is 15.5. The monoisotopic (exact) mass is 344 g/mol. The molecule has 7 heteroatoms. The van der Waals surface area contributed by atoms with E-state index in [-0.39, 0.29) is 23.9 Å². The number of rotatable bonds is 5. The first-order valence-corrected chi connectivity index (χ1v) is 7.63. The van der Waals surface area contributed by atoms with Crippen LogP contribution in [0.4, 0.5) is 0 Å². The highest BCUT2D eigenvalue weighted by molar-refractivity contribution is 9.10. The fraction of sp³-hybridized carbons (Fsp3) is 0.692. The van der Waals surface area contributed by atoms with Crippen LogP contribution < -0.4 is 5.48 Å². The van der Waals surface area contributed by atoms with Crippen LogP contribution in [0.3, 0.4) is 0 Å². The van der Waals surface area contributed by atoms with Gasteiger partial charge in [-0.1, -0.05) is 13.8 Å². The van der Waals surface area contributed by atoms with Gasteiger partial charge in [0.05, 0.1) is 19.3 Å². The van der Waals surface area contributed by atoms with Crippen LogP contribution in [0, 0.1) is 5.92 Å². The van der Waals surface area contributed by atoms with E-state index < -0.39 is 0 Å². The zero-order valence-corrected chi connectivity index (χ0v) is 13.6. The average Bonchev–Trinajstić information content (AvgIpc) is 3.02. The van der Waals surface area contributed by atoms with Crippen molar-refractivity contribution in [2.24, 2.45) is 5.92 Å². The maximum Gasteiger partial charge on any atom is 0.242 e. The Morgan fingerprint density at radius 1 is 1.65 bits per heavy atom. The number of carbonyl (C=O) groups is 1. The molecule has 2 N–H and O–H groups in total. The van der Waals surface area contributed by atoms with Crippen LogP contribution in [0.5, 0.6) is 0 Å². The third-order valence-corrected chi connectivity index (χ3v) is 4.00. The van der Waals surface area contributed by atoms with Gasteiger partial charge in [-0.25, -0.2) is 4.98 Å². The molecule has 0 spiro atoms. The Balaban J connectivity index is 2.15. The largest absolute Gasteiger partial charge is 0.335 e. The van der Waals surface area contributed by atoms with E-state index in [1.807, 2.05) is 18.7 Å². The maximum absolute atomic E-state index is 12.7. The third-order valence-electron chi connectivity index (χ3n) is 3.59. The van der Waals surface area contributed by atoms with Crippen molar-refractivity contribution in [2.45, 2.75) is 38.8 Å². The number of amides is 1. The predicted molar refractivity (Wildman–Crippen MR) is 78.7 cm³/mol. The fourth-order valence-electron chi connectivity index (χ4n) is 2.57. The lowest BCUT2D eigenvalue weighted by atomic mass is 10.0. The molecule has 1 aliphatic heterocycles. The van der Waals surface area contributed by atoms with E-state index in [0.29, 0.717) is 0 Å². The Morgan fingerprint density at radius 3 is 2.95 bits per heavy atom. The molecule has 2 atom stereocenters. The summed E-state index contributed by atoms with van der Waals surface area (Å²) in [4.78, 5) is 27.0. The number of hydrogen-bond acceptors (Lipinski definition) is 4. The average molecular weight is 345 g/mol. The number of likely N-dealkylation sites (tertiary alicyclic amines) is 1. The minimum absolute atomic E-state index is 0.0220. The van der Waals surface area contributed by atoms with E-state index in [2.05, 4.69) is 31.4 Å². The van der Waals surface area contributed by atoms with Gasteiger partial charge < -0.3 is 14.7 Å². The molecular weight excluding hydrogens is 324 g/mol. The molecule has 0 aromatic carbocycles. The van der Waals surface area contributed by atoms with Gasteiger partial charge in [-0.05, 0) is 34.7 Å². The lowest BCUT2D eigenvalue weighted by Gasteiger charge is -2.29. The summed E-state index contributed by atoms with van der Waals surface area (Å²) in [5.74, 6) is 1.06. The highest BCUT2D eigenvalue weighted by atomic mass is 79.9. The van der Waals surface area contributed by atoms with Crippen LogP contribution in [0.2, 0.25) is 0 Å². The molecule has 1 fully saturated rings. The topological polar surface area (TPSA) is 70.2 Å². The summed E-state index contributed by atoms with van der Waals surface area (Å²) in [6.45, 7) is 4.77. The zero-order chi connectivity index (χ0) is 14.7. The van der Waals surface area contributed by atoms with Crippen LogP contribution in [0.15, 0.2) is 10.8 Å². The van der Waals surface area contributed by atoms with Crippen molar-refractivity contribution < 1.29 is 9.63 Å². The standard InChI is InChI=1S/C13H21BrN4O2/c1-8(2)11(17-20-3)13(19)18-6-4-5-9(18)12-15-7-10(14)16-12/h7-9,11,17H,4-6H2,1-3H3,(H,15,16)/t9-,11-/m0/s1. The Morgan fingerprint density at radius 2 is 2.40 bits per heavy atom. The van der Waals surface area contributed by atoms with E-state index >= 15 is 0 Å². The fourth-order valence-corrected chi connectivity index (χ4v) is 2.88. The summed E-state index contributed by atoms with van der Waals surface area (Å²) in [5.41, 5.74) is 2.80. The van der Waals surface area contributed by atoms with Crippen molar-refractivity contribution in [3.63, 3.8) is 0 Å². The highest BCUT2D eigenvalue weighted by Gasteiger charge is 2.36. The van der Waals surface area contributed by atoms with Gasteiger partial charge in [0.1, 0.15) is 16.5 Å². The van der Waals surface area contributed by atoms with Crippen molar-refractivity contribution in [3.8, 4) is 0 Å². The number of imidazole rings is 1. The zero-order valence-electron chi connectivity index (χ0n) is 12.0. The molecule has 2 rings (SSSR count). The van der Waals surface area contributed by atoms with Crippen LogP contribution in [-0.2, 0) is 9.63 Å². The smallest absolute Gasteiger partial charge is 0.242 e. The van der Waals surface area contributed by atoms with Crippen LogP contribution in [0.1, 0.15) is 38.6 Å². The molecule has 1 aliphatic rings. The Bertz CT molecular complexity index is 463. The molecular formula is C13H21BrN4O2. The number of nitrogens with zero attached hydrogens (tertiary/aromatic N) is 2. The SMILES string of the molecule is CON[C@H](C(=O)N1CCC[C@H]1c1ncc(Br)[nH]1)C(C)C. The van der Waals surface area contributed by atoms with Gasteiger partial charge in [-0.3, -0.25) is 4.79 Å². The van der Waals surface area contributed by atoms with Gasteiger partial charge in [0, 0.05) is 6.54 Å². The molecule has 1 aromatic heterocycles. The lowest BCUT2D eigenvalue weighted by Crippen LogP contribution is -2.48. The molecule has 1 aromatic rings. The Hall–Kier alpha value is -0.920. The molecule has 0 aliphatic carbocycles. The van der Waals surface area contributed by atoms with Crippen LogP contribution in [0.25, 0.3) is 0 Å². The summed E-state index contributed by atoms with van der Waals surface area (Å²) in [6.07, 6.45) is 3.65. The summed E-state index contributed by atoms with van der Waals surface area (Å²) in [5, 5.41) is 0. The van der Waals surface area contributed by atoms with Gasteiger partial charge >= 0.3 is 0 Å². The number of halogens is 1. The second-order valence-corrected chi connectivity index (χ2v) is 6.20. The summed E-state index contributed by atoms with van der Waals surface area (Å²) in [7, 11) is 1.54. The van der Waals surface area contributed by atoms with Gasteiger partial charge in [-0.15, -0.1) is 0 Å². The van der Waals surface area contributed by atoms with E-state index in [4.69, 9.17) is 4.84 Å². The molecule has 0 saturated carbocycles. The van der Waals surface area contributed by atoms with Crippen molar-refractivity contribution >= 4 is 21.8 Å². The number of hydroxylamine groups is 1. The van der Waals surface area contributed by atoms with Crippen molar-refractivity contribution in [1.82, 2.24) is 20.3 Å². The molecule has 2 heterocycles. The quantitative estimate of drug-likeness (QED) is 0.801. The Labute approximate surface area is 127 Å². The first-order chi connectivity index (χ1) is 9.54. The summed E-state index contributed by atoms with van der Waals surface area (Å²) >= 11 is 3.36. The number of nitrogens with one attached hydrogen (secondary N) is 2. The second-order valence-electron chi connectivity index (χ2n) is 5.35. The van der Waals surface area contributed by atoms with Gasteiger partial charge in [0.15, 0.2) is 0 Å². The normalized spacial score (nSPS) is 20.6. The molecule has 20 heavy (non-hydrogen) atoms.